The molecule has 0 saturated carbocycles. The lowest BCUT2D eigenvalue weighted by Gasteiger charge is -2.34. The van der Waals surface area contributed by atoms with E-state index in [4.69, 9.17) is 14.7 Å². The van der Waals surface area contributed by atoms with Crippen LogP contribution in [0.2, 0.25) is 0 Å². The summed E-state index contributed by atoms with van der Waals surface area (Å²) in [5, 5.41) is 8.65. The lowest BCUT2D eigenvalue weighted by atomic mass is 9.70. The number of carbonyl (C=O) groups is 1. The van der Waals surface area contributed by atoms with Crippen LogP contribution in [0.25, 0.3) is 0 Å². The van der Waals surface area contributed by atoms with Crippen LogP contribution < -0.4 is 15.0 Å². The lowest BCUT2D eigenvalue weighted by Crippen LogP contribution is -2.27. The van der Waals surface area contributed by atoms with Gasteiger partial charge in [0.15, 0.2) is 6.61 Å². The molecule has 32 heavy (non-hydrogen) atoms. The van der Waals surface area contributed by atoms with E-state index in [1.165, 1.54) is 11.1 Å². The van der Waals surface area contributed by atoms with Crippen LogP contribution >= 0.6 is 15.9 Å². The number of hydrogen-bond donors (Lipinski definition) is 2. The van der Waals surface area contributed by atoms with E-state index >= 15 is 0 Å². The summed E-state index contributed by atoms with van der Waals surface area (Å²) >= 11 is 3.57. The molecular weight excluding hydrogens is 470 g/mol. The van der Waals surface area contributed by atoms with Crippen LogP contribution in [0.1, 0.15) is 70.6 Å². The minimum atomic E-state index is -0.599. The van der Waals surface area contributed by atoms with E-state index in [2.05, 4.69) is 81.7 Å². The lowest BCUT2D eigenvalue weighted by molar-refractivity contribution is -0.131. The second-order valence-corrected chi connectivity index (χ2v) is 10.3. The molecule has 5 nitrogen and oxygen atoms in total. The Kier molecular flexibility index (Phi) is 9.17. The number of aryl methyl sites for hydroxylation is 1. The summed E-state index contributed by atoms with van der Waals surface area (Å²) in [5.74, 6) is 0.890. The largest absolute Gasteiger partial charge is 0.493 e. The number of rotatable bonds is 10. The van der Waals surface area contributed by atoms with Crippen LogP contribution in [0.15, 0.2) is 40.9 Å². The van der Waals surface area contributed by atoms with Gasteiger partial charge in [-0.15, -0.1) is 0 Å². The van der Waals surface area contributed by atoms with Crippen LogP contribution in [0.4, 0.5) is 0 Å². The van der Waals surface area contributed by atoms with Gasteiger partial charge in [0.05, 0.1) is 11.1 Å². The van der Waals surface area contributed by atoms with Gasteiger partial charge < -0.3 is 9.47 Å². The molecule has 0 aliphatic carbocycles. The van der Waals surface area contributed by atoms with Crippen molar-refractivity contribution in [3.63, 3.8) is 0 Å². The van der Waals surface area contributed by atoms with E-state index in [1.54, 1.807) is 5.48 Å². The molecule has 2 aromatic carbocycles. The zero-order valence-corrected chi connectivity index (χ0v) is 21.6. The number of carbonyl (C=O) groups excluding carboxylic acids is 1. The maximum Gasteiger partial charge on any atom is 0.281 e. The minimum Gasteiger partial charge on any atom is -0.493 e. The fourth-order valence-corrected chi connectivity index (χ4v) is 4.39. The van der Waals surface area contributed by atoms with Crippen molar-refractivity contribution in [2.24, 2.45) is 5.41 Å². The molecule has 0 aromatic heterocycles. The highest BCUT2D eigenvalue weighted by Crippen LogP contribution is 2.42. The normalized spacial score (nSPS) is 11.9. The Hall–Kier alpha value is -2.05. The van der Waals surface area contributed by atoms with E-state index in [1.807, 2.05) is 12.1 Å². The Bertz CT molecular complexity index is 917. The van der Waals surface area contributed by atoms with Gasteiger partial charge in [0.2, 0.25) is 0 Å². The van der Waals surface area contributed by atoms with Gasteiger partial charge in [-0.05, 0) is 82.4 Å². The number of ether oxygens (including phenoxy) is 2. The van der Waals surface area contributed by atoms with Crippen molar-refractivity contribution in [1.82, 2.24) is 5.48 Å². The van der Waals surface area contributed by atoms with Gasteiger partial charge in [-0.3, -0.25) is 10.0 Å². The molecule has 176 valence electrons. The molecule has 6 heteroatoms. The fourth-order valence-electron chi connectivity index (χ4n) is 3.90. The first-order chi connectivity index (χ1) is 15.1. The number of halogens is 1. The Balaban J connectivity index is 2.30. The van der Waals surface area contributed by atoms with E-state index < -0.39 is 5.91 Å². The van der Waals surface area contributed by atoms with Crippen molar-refractivity contribution in [2.75, 3.05) is 13.2 Å². The summed E-state index contributed by atoms with van der Waals surface area (Å²) in [7, 11) is 0. The zero-order chi connectivity index (χ0) is 23.9. The highest BCUT2D eigenvalue weighted by molar-refractivity contribution is 9.10. The van der Waals surface area contributed by atoms with Gasteiger partial charge in [-0.25, -0.2) is 5.48 Å². The van der Waals surface area contributed by atoms with Gasteiger partial charge in [0.1, 0.15) is 11.5 Å². The second kappa shape index (κ2) is 11.2. The van der Waals surface area contributed by atoms with Crippen LogP contribution in [0.3, 0.4) is 0 Å². The molecule has 0 saturated heterocycles. The topological polar surface area (TPSA) is 67.8 Å². The summed E-state index contributed by atoms with van der Waals surface area (Å²) in [6, 6.07) is 12.5. The van der Waals surface area contributed by atoms with Gasteiger partial charge in [-0.1, -0.05) is 52.8 Å². The summed E-state index contributed by atoms with van der Waals surface area (Å²) in [6.07, 6.45) is 2.88. The van der Waals surface area contributed by atoms with Crippen molar-refractivity contribution in [3.05, 3.63) is 57.6 Å². The Labute approximate surface area is 200 Å². The van der Waals surface area contributed by atoms with E-state index in [0.717, 1.165) is 35.0 Å². The molecule has 2 rings (SSSR count). The quantitative estimate of drug-likeness (QED) is 0.283. The van der Waals surface area contributed by atoms with Crippen molar-refractivity contribution >= 4 is 21.8 Å². The minimum absolute atomic E-state index is 0.155. The van der Waals surface area contributed by atoms with Crippen LogP contribution in [0, 0.1) is 12.3 Å². The predicted molar refractivity (Wildman–Crippen MR) is 132 cm³/mol. The van der Waals surface area contributed by atoms with Gasteiger partial charge >= 0.3 is 0 Å². The van der Waals surface area contributed by atoms with Gasteiger partial charge in [-0.2, -0.15) is 0 Å². The monoisotopic (exact) mass is 505 g/mol. The third-order valence-electron chi connectivity index (χ3n) is 6.01. The maximum atomic E-state index is 11.3. The third kappa shape index (κ3) is 6.48. The molecule has 1 amide bonds. The predicted octanol–water partition coefficient (Wildman–Crippen LogP) is 6.56. The second-order valence-electron chi connectivity index (χ2n) is 9.40. The molecule has 0 heterocycles. The summed E-state index contributed by atoms with van der Waals surface area (Å²) in [4.78, 5) is 11.3. The fraction of sp³-hybridized carbons (Fsp3) is 0.500. The molecule has 0 aliphatic rings. The Morgan fingerprint density at radius 3 is 2.09 bits per heavy atom. The van der Waals surface area contributed by atoms with Crippen molar-refractivity contribution in [2.45, 2.75) is 66.2 Å². The number of benzene rings is 2. The number of hydrogen-bond acceptors (Lipinski definition) is 4. The maximum absolute atomic E-state index is 11.3. The molecule has 0 bridgehead atoms. The molecule has 0 radical (unpaired) electrons. The highest BCUT2D eigenvalue weighted by atomic mass is 79.9. The van der Waals surface area contributed by atoms with Crippen molar-refractivity contribution in [3.8, 4) is 11.5 Å². The van der Waals surface area contributed by atoms with Crippen LogP contribution in [0.5, 0.6) is 11.5 Å². The smallest absolute Gasteiger partial charge is 0.281 e. The van der Waals surface area contributed by atoms with E-state index in [9.17, 15) is 4.79 Å². The van der Waals surface area contributed by atoms with Crippen molar-refractivity contribution in [1.29, 1.82) is 0 Å². The SMILES string of the molecule is CCC(CC)(c1ccc(OCCC(C)(C)C)c(C)c1)c1ccc(OCC(=O)NO)c(Br)c1. The molecular formula is C26H36BrNO4. The summed E-state index contributed by atoms with van der Waals surface area (Å²) in [6.45, 7) is 13.6. The molecule has 0 fully saturated rings. The van der Waals surface area contributed by atoms with Crippen molar-refractivity contribution < 1.29 is 19.5 Å². The summed E-state index contributed by atoms with van der Waals surface area (Å²) < 4.78 is 12.3. The van der Waals surface area contributed by atoms with Crippen LogP contribution in [-0.2, 0) is 10.2 Å². The molecule has 0 atom stereocenters. The summed E-state index contributed by atoms with van der Waals surface area (Å²) in [5.41, 5.74) is 5.23. The number of amides is 1. The Morgan fingerprint density at radius 2 is 1.59 bits per heavy atom. The molecule has 2 N–H and O–H groups in total. The van der Waals surface area contributed by atoms with Gasteiger partial charge in [0, 0.05) is 5.41 Å². The van der Waals surface area contributed by atoms with E-state index in [0.29, 0.717) is 12.4 Å². The number of nitrogens with one attached hydrogen (secondary N) is 1. The van der Waals surface area contributed by atoms with Crippen LogP contribution in [-0.4, -0.2) is 24.3 Å². The number of hydroxylamine groups is 1. The standard InChI is InChI=1S/C26H36BrNO4/c1-7-26(8-2,20-10-12-23(21(27)16-20)32-17-24(29)28-30)19-9-11-22(18(3)15-19)31-14-13-25(4,5)6/h9-12,15-16,30H,7-8,13-14,17H2,1-6H3,(H,28,29). The molecule has 0 spiro atoms. The third-order valence-corrected chi connectivity index (χ3v) is 6.63. The molecule has 2 aromatic rings. The zero-order valence-electron chi connectivity index (χ0n) is 20.0. The molecule has 0 unspecified atom stereocenters. The van der Waals surface area contributed by atoms with E-state index in [-0.39, 0.29) is 17.4 Å². The Morgan fingerprint density at radius 1 is 1.00 bits per heavy atom. The first-order valence-electron chi connectivity index (χ1n) is 11.2. The van der Waals surface area contributed by atoms with Gasteiger partial charge in [0.25, 0.3) is 5.91 Å². The first-order valence-corrected chi connectivity index (χ1v) is 11.9. The average Bonchev–Trinajstić information content (AvgIpc) is 2.74. The highest BCUT2D eigenvalue weighted by Gasteiger charge is 2.31. The average molecular weight is 506 g/mol. The first kappa shape index (κ1) is 26.2. The molecule has 0 aliphatic heterocycles.